The molecule has 7 nitrogen and oxygen atoms in total. The van der Waals surface area contributed by atoms with Crippen molar-refractivity contribution in [3.8, 4) is 11.5 Å². The molecule has 0 aromatic heterocycles. The van der Waals surface area contributed by atoms with Gasteiger partial charge in [-0.2, -0.15) is 0 Å². The first-order valence-corrected chi connectivity index (χ1v) is 11.7. The minimum Gasteiger partial charge on any atom is -0.490 e. The summed E-state index contributed by atoms with van der Waals surface area (Å²) in [6.45, 7) is 5.23. The highest BCUT2D eigenvalue weighted by Gasteiger charge is 2.58. The van der Waals surface area contributed by atoms with Gasteiger partial charge in [0.05, 0.1) is 19.3 Å². The normalized spacial score (nSPS) is 22.1. The van der Waals surface area contributed by atoms with Crippen LogP contribution in [0.15, 0.2) is 36.4 Å². The molecule has 2 aliphatic rings. The van der Waals surface area contributed by atoms with Crippen LogP contribution in [0, 0.1) is 0 Å². The Bertz CT molecular complexity index is 1070. The van der Waals surface area contributed by atoms with E-state index < -0.39 is 11.6 Å². The average molecular weight is 472 g/mol. The SMILES string of the molecule is CCOc1cccc(C2(N3CCCC3C(=O)N(C)C)C(=O)Nc3ccc(Cl)cc32)c1OCC. The Hall–Kier alpha value is -2.77. The molecule has 0 aliphatic carbocycles. The summed E-state index contributed by atoms with van der Waals surface area (Å²) < 4.78 is 12.0. The number of halogens is 1. The number of likely N-dealkylation sites (tertiary alicyclic amines) is 1. The summed E-state index contributed by atoms with van der Waals surface area (Å²) in [5.74, 6) is 0.809. The van der Waals surface area contributed by atoms with Crippen molar-refractivity contribution >= 4 is 29.1 Å². The first kappa shape index (κ1) is 23.4. The van der Waals surface area contributed by atoms with Crippen LogP contribution in [0.1, 0.15) is 37.8 Å². The van der Waals surface area contributed by atoms with Gasteiger partial charge < -0.3 is 19.7 Å². The maximum absolute atomic E-state index is 14.0. The molecular weight excluding hydrogens is 442 g/mol. The largest absolute Gasteiger partial charge is 0.490 e. The Kier molecular flexibility index (Phi) is 6.54. The Morgan fingerprint density at radius 1 is 1.18 bits per heavy atom. The van der Waals surface area contributed by atoms with Crippen LogP contribution in [0.4, 0.5) is 5.69 Å². The van der Waals surface area contributed by atoms with E-state index in [1.54, 1.807) is 25.1 Å². The first-order chi connectivity index (χ1) is 15.9. The number of benzene rings is 2. The topological polar surface area (TPSA) is 71.1 Å². The molecule has 1 fully saturated rings. The standard InChI is InChI=1S/C25H30ClN3O4/c1-5-32-21-11-7-9-17(22(21)33-6-2)25(29-14-8-10-20(29)23(30)28(3)4)18-15-16(26)12-13-19(18)27-24(25)31/h7,9,11-13,15,20H,5-6,8,10,14H2,1-4H3,(H,27,31). The van der Waals surface area contributed by atoms with Crippen LogP contribution in [0.2, 0.25) is 5.02 Å². The molecule has 1 saturated heterocycles. The third-order valence-electron chi connectivity index (χ3n) is 6.31. The molecule has 0 bridgehead atoms. The number of nitrogens with one attached hydrogen (secondary N) is 1. The number of hydrogen-bond donors (Lipinski definition) is 1. The lowest BCUT2D eigenvalue weighted by molar-refractivity contribution is -0.138. The van der Waals surface area contributed by atoms with Gasteiger partial charge in [-0.25, -0.2) is 0 Å². The molecule has 0 spiro atoms. The molecule has 4 rings (SSSR count). The van der Waals surface area contributed by atoms with Crippen LogP contribution in [-0.2, 0) is 15.1 Å². The Balaban J connectivity index is 2.04. The molecular formula is C25H30ClN3O4. The van der Waals surface area contributed by atoms with Gasteiger partial charge in [0, 0.05) is 42.5 Å². The highest BCUT2D eigenvalue weighted by Crippen LogP contribution is 2.53. The number of rotatable bonds is 7. The van der Waals surface area contributed by atoms with E-state index in [4.69, 9.17) is 21.1 Å². The third kappa shape index (κ3) is 3.73. The summed E-state index contributed by atoms with van der Waals surface area (Å²) >= 11 is 6.44. The summed E-state index contributed by atoms with van der Waals surface area (Å²) in [7, 11) is 3.48. The van der Waals surface area contributed by atoms with Crippen molar-refractivity contribution in [3.05, 3.63) is 52.5 Å². The summed E-state index contributed by atoms with van der Waals surface area (Å²) in [5.41, 5.74) is 0.752. The van der Waals surface area contributed by atoms with Crippen molar-refractivity contribution in [3.63, 3.8) is 0 Å². The van der Waals surface area contributed by atoms with Crippen molar-refractivity contribution in [2.45, 2.75) is 38.3 Å². The van der Waals surface area contributed by atoms with Crippen molar-refractivity contribution in [2.75, 3.05) is 39.2 Å². The van der Waals surface area contributed by atoms with Gasteiger partial charge in [0.1, 0.15) is 0 Å². The number of anilines is 1. The minimum atomic E-state index is -1.29. The van der Waals surface area contributed by atoms with Gasteiger partial charge in [-0.15, -0.1) is 0 Å². The van der Waals surface area contributed by atoms with Crippen molar-refractivity contribution in [1.82, 2.24) is 9.80 Å². The molecule has 1 N–H and O–H groups in total. The number of nitrogens with zero attached hydrogens (tertiary/aromatic N) is 2. The van der Waals surface area contributed by atoms with Crippen LogP contribution in [-0.4, -0.2) is 61.5 Å². The molecule has 2 aliphatic heterocycles. The second-order valence-electron chi connectivity index (χ2n) is 8.44. The van der Waals surface area contributed by atoms with Gasteiger partial charge in [-0.3, -0.25) is 14.5 Å². The number of carbonyl (C=O) groups is 2. The maximum atomic E-state index is 14.0. The van der Waals surface area contributed by atoms with E-state index in [1.807, 2.05) is 49.1 Å². The zero-order valence-electron chi connectivity index (χ0n) is 19.5. The van der Waals surface area contributed by atoms with E-state index in [1.165, 1.54) is 0 Å². The Morgan fingerprint density at radius 2 is 1.94 bits per heavy atom. The number of fused-ring (bicyclic) bond motifs is 1. The van der Waals surface area contributed by atoms with Gasteiger partial charge in [0.2, 0.25) is 5.91 Å². The van der Waals surface area contributed by atoms with E-state index in [9.17, 15) is 9.59 Å². The van der Waals surface area contributed by atoms with Gasteiger partial charge in [0.15, 0.2) is 17.0 Å². The minimum absolute atomic E-state index is 0.0333. The molecule has 2 atom stereocenters. The van der Waals surface area contributed by atoms with E-state index >= 15 is 0 Å². The molecule has 8 heteroatoms. The Labute approximate surface area is 199 Å². The maximum Gasteiger partial charge on any atom is 0.254 e. The lowest BCUT2D eigenvalue weighted by Crippen LogP contribution is -2.57. The highest BCUT2D eigenvalue weighted by atomic mass is 35.5. The molecule has 0 radical (unpaired) electrons. The highest BCUT2D eigenvalue weighted by molar-refractivity contribution is 6.31. The van der Waals surface area contributed by atoms with E-state index in [2.05, 4.69) is 5.32 Å². The zero-order valence-corrected chi connectivity index (χ0v) is 20.2. The predicted octanol–water partition coefficient (Wildman–Crippen LogP) is 3.89. The number of amides is 2. The molecule has 33 heavy (non-hydrogen) atoms. The Morgan fingerprint density at radius 3 is 2.64 bits per heavy atom. The van der Waals surface area contributed by atoms with Gasteiger partial charge >= 0.3 is 0 Å². The number of carbonyl (C=O) groups excluding carboxylic acids is 2. The molecule has 2 aromatic carbocycles. The molecule has 2 unspecified atom stereocenters. The van der Waals surface area contributed by atoms with Gasteiger partial charge in [-0.1, -0.05) is 23.7 Å². The summed E-state index contributed by atoms with van der Waals surface area (Å²) in [5, 5.41) is 3.56. The number of ether oxygens (including phenoxy) is 2. The lowest BCUT2D eigenvalue weighted by Gasteiger charge is -2.42. The van der Waals surface area contributed by atoms with Crippen LogP contribution < -0.4 is 14.8 Å². The summed E-state index contributed by atoms with van der Waals surface area (Å²) in [6.07, 6.45) is 1.46. The summed E-state index contributed by atoms with van der Waals surface area (Å²) in [4.78, 5) is 30.8. The first-order valence-electron chi connectivity index (χ1n) is 11.3. The van der Waals surface area contributed by atoms with Gasteiger partial charge in [-0.05, 0) is 51.0 Å². The zero-order chi connectivity index (χ0) is 23.8. The van der Waals surface area contributed by atoms with Crippen LogP contribution in [0.5, 0.6) is 11.5 Å². The lowest BCUT2D eigenvalue weighted by atomic mass is 9.80. The number of likely N-dealkylation sites (N-methyl/N-ethyl adjacent to an activating group) is 1. The van der Waals surface area contributed by atoms with E-state index in [-0.39, 0.29) is 11.8 Å². The molecule has 2 heterocycles. The number of para-hydroxylation sites is 1. The fourth-order valence-electron chi connectivity index (χ4n) is 5.05. The van der Waals surface area contributed by atoms with Gasteiger partial charge in [0.25, 0.3) is 5.91 Å². The molecule has 2 aromatic rings. The average Bonchev–Trinajstić information content (AvgIpc) is 3.37. The monoisotopic (exact) mass is 471 g/mol. The van der Waals surface area contributed by atoms with Crippen molar-refractivity contribution in [2.24, 2.45) is 0 Å². The van der Waals surface area contributed by atoms with E-state index in [0.717, 1.165) is 6.42 Å². The smallest absolute Gasteiger partial charge is 0.254 e. The fourth-order valence-corrected chi connectivity index (χ4v) is 5.23. The van der Waals surface area contributed by atoms with Crippen LogP contribution >= 0.6 is 11.6 Å². The molecule has 0 saturated carbocycles. The van der Waals surface area contributed by atoms with Crippen LogP contribution in [0.25, 0.3) is 0 Å². The second kappa shape index (κ2) is 9.23. The van der Waals surface area contributed by atoms with Crippen molar-refractivity contribution in [1.29, 1.82) is 0 Å². The third-order valence-corrected chi connectivity index (χ3v) is 6.55. The van der Waals surface area contributed by atoms with Crippen LogP contribution in [0.3, 0.4) is 0 Å². The van der Waals surface area contributed by atoms with Crippen molar-refractivity contribution < 1.29 is 19.1 Å². The number of hydrogen-bond acceptors (Lipinski definition) is 5. The molecule has 2 amide bonds. The molecule has 176 valence electrons. The van der Waals surface area contributed by atoms with E-state index in [0.29, 0.717) is 59.5 Å². The predicted molar refractivity (Wildman–Crippen MR) is 128 cm³/mol. The fraction of sp³-hybridized carbons (Fsp3) is 0.440. The second-order valence-corrected chi connectivity index (χ2v) is 8.87. The summed E-state index contributed by atoms with van der Waals surface area (Å²) in [6, 6.07) is 10.5. The quantitative estimate of drug-likeness (QED) is 0.663.